The molecule has 3 aliphatic heterocycles. The Morgan fingerprint density at radius 3 is 2.37 bits per heavy atom. The number of imide groups is 1. The molecule has 426 valence electrons. The summed E-state index contributed by atoms with van der Waals surface area (Å²) in [4.78, 5) is 111. The van der Waals surface area contributed by atoms with E-state index in [0.29, 0.717) is 61.4 Å². The number of aryl methyl sites for hydroxylation is 1. The van der Waals surface area contributed by atoms with E-state index < -0.39 is 65.5 Å². The van der Waals surface area contributed by atoms with Crippen LogP contribution in [0.3, 0.4) is 0 Å². The molecule has 2 atom stereocenters. The Labute approximate surface area is 457 Å². The average molecular weight is 1100 g/mol. The molecule has 1 aromatic carbocycles. The average Bonchev–Trinajstić information content (AvgIpc) is 4.21. The number of ether oxygens (including phenoxy) is 5. The van der Waals surface area contributed by atoms with E-state index in [2.05, 4.69) is 26.3 Å². The number of benzene rings is 1. The number of aromatic nitrogens is 5. The van der Waals surface area contributed by atoms with Crippen molar-refractivity contribution in [3.05, 3.63) is 68.8 Å². The number of likely N-dealkylation sites (tertiary alicyclic amines) is 1. The number of phenolic OH excluding ortho intramolecular Hbond substituents is 1. The molecule has 6 heterocycles. The molecule has 0 bridgehead atoms. The lowest BCUT2D eigenvalue weighted by atomic mass is 9.81. The van der Waals surface area contributed by atoms with E-state index in [4.69, 9.17) is 28.7 Å². The number of esters is 1. The third kappa shape index (κ3) is 13.3. The predicted octanol–water partition coefficient (Wildman–Crippen LogP) is 4.61. The van der Waals surface area contributed by atoms with Crippen LogP contribution in [-0.2, 0) is 90.7 Å². The molecular weight excluding hydrogens is 1020 g/mol. The molecule has 8 rings (SSSR count). The molecule has 1 saturated carbocycles. The molecular formula is C56H73N9O14. The zero-order chi connectivity index (χ0) is 57.0. The third-order valence-electron chi connectivity index (χ3n) is 15.4. The number of rotatable bonds is 23. The Bertz CT molecular complexity index is 3050. The lowest BCUT2D eigenvalue weighted by molar-refractivity contribution is -0.175. The Balaban J connectivity index is 0.748. The van der Waals surface area contributed by atoms with Gasteiger partial charge in [0.2, 0.25) is 35.1 Å². The number of pyridine rings is 2. The Morgan fingerprint density at radius 2 is 1.67 bits per heavy atom. The molecule has 4 N–H and O–H groups in total. The van der Waals surface area contributed by atoms with Gasteiger partial charge in [-0.15, -0.1) is 5.10 Å². The van der Waals surface area contributed by atoms with Crippen molar-refractivity contribution in [2.45, 2.75) is 162 Å². The molecule has 4 aromatic rings. The van der Waals surface area contributed by atoms with Gasteiger partial charge in [-0.2, -0.15) is 0 Å². The smallest absolute Gasteiger partial charge is 0.508 e. The number of nitrogens with zero attached hydrogens (tertiary/aromatic N) is 6. The maximum Gasteiger partial charge on any atom is 0.509 e. The van der Waals surface area contributed by atoms with E-state index in [1.54, 1.807) is 60.5 Å². The van der Waals surface area contributed by atoms with Crippen molar-refractivity contribution >= 4 is 52.6 Å². The van der Waals surface area contributed by atoms with Gasteiger partial charge in [0.15, 0.2) is 0 Å². The number of nitrogens with one attached hydrogen (secondary N) is 3. The highest BCUT2D eigenvalue weighted by molar-refractivity contribution is 6.02. The van der Waals surface area contributed by atoms with E-state index in [-0.39, 0.29) is 105 Å². The summed E-state index contributed by atoms with van der Waals surface area (Å²) in [6.07, 6.45) is 5.01. The van der Waals surface area contributed by atoms with Crippen molar-refractivity contribution in [3.8, 4) is 17.1 Å². The monoisotopic (exact) mass is 1100 g/mol. The number of hydrogen-bond acceptors (Lipinski definition) is 17. The van der Waals surface area contributed by atoms with E-state index in [9.17, 15) is 43.5 Å². The van der Waals surface area contributed by atoms with Crippen LogP contribution in [0.1, 0.15) is 135 Å². The zero-order valence-electron chi connectivity index (χ0n) is 46.4. The Hall–Kier alpha value is -7.27. The standard InChI is InChI=1S/C56H73N9O14/c1-9-37-38-21-36(66)15-16-42(38)59-49-39(37)26-64-44(49)22-41-40(51(64)72)27-76-52(73)56(41,10-2)79-53(74)77-28-43(32(3)4)58-45(67)29-75-30-46(68)60-54(5,6)19-20-78-55(7,8)31-63-25-35(61-62-63)23-57-50(71)34-13-11-33(12-14-34)24-65-47(69)17-18-48(65)70/h15-16,21-22,25,32-34,43,66H,9-14,17-20,23-24,26-31H2,1-8H3,(H,57,71)(H,58,67)(H,60,68). The largest absolute Gasteiger partial charge is 0.509 e. The highest BCUT2D eigenvalue weighted by Gasteiger charge is 2.51. The number of phenols is 1. The number of amides is 5. The van der Waals surface area contributed by atoms with E-state index >= 15 is 0 Å². The molecule has 5 amide bonds. The van der Waals surface area contributed by atoms with Crippen LogP contribution in [0.5, 0.6) is 5.75 Å². The number of cyclic esters (lactones) is 1. The molecule has 0 spiro atoms. The molecule has 23 heteroatoms. The zero-order valence-corrected chi connectivity index (χ0v) is 46.4. The fraction of sp³-hybridized carbons (Fsp3) is 0.589. The van der Waals surface area contributed by atoms with E-state index in [1.807, 2.05) is 34.6 Å². The minimum Gasteiger partial charge on any atom is -0.508 e. The maximum absolute atomic E-state index is 14.1. The maximum atomic E-state index is 14.1. The summed E-state index contributed by atoms with van der Waals surface area (Å²) < 4.78 is 31.7. The van der Waals surface area contributed by atoms with Crippen LogP contribution in [0.15, 0.2) is 35.3 Å². The van der Waals surface area contributed by atoms with Gasteiger partial charge in [0.1, 0.15) is 37.9 Å². The van der Waals surface area contributed by atoms with Gasteiger partial charge in [0.25, 0.3) is 5.56 Å². The van der Waals surface area contributed by atoms with Crippen molar-refractivity contribution in [1.82, 2.24) is 45.4 Å². The first-order valence-electron chi connectivity index (χ1n) is 27.3. The van der Waals surface area contributed by atoms with Gasteiger partial charge in [-0.1, -0.05) is 32.9 Å². The summed E-state index contributed by atoms with van der Waals surface area (Å²) in [6.45, 7) is 14.7. The van der Waals surface area contributed by atoms with Gasteiger partial charge < -0.3 is 49.3 Å². The van der Waals surface area contributed by atoms with Gasteiger partial charge in [0.05, 0.1) is 59.9 Å². The number of fused-ring (bicyclic) bond motifs is 5. The normalized spacial score (nSPS) is 19.4. The molecule has 1 saturated heterocycles. The summed E-state index contributed by atoms with van der Waals surface area (Å²) in [7, 11) is 0. The molecule has 0 radical (unpaired) electrons. The Morgan fingerprint density at radius 1 is 0.949 bits per heavy atom. The fourth-order valence-corrected chi connectivity index (χ4v) is 10.9. The summed E-state index contributed by atoms with van der Waals surface area (Å²) in [5.74, 6) is -2.23. The van der Waals surface area contributed by atoms with Crippen molar-refractivity contribution < 1.29 is 62.4 Å². The number of hydrogen-bond donors (Lipinski definition) is 4. The molecule has 2 unspecified atom stereocenters. The molecule has 2 fully saturated rings. The van der Waals surface area contributed by atoms with Crippen LogP contribution in [0.25, 0.3) is 22.3 Å². The van der Waals surface area contributed by atoms with Crippen molar-refractivity contribution in [1.29, 1.82) is 0 Å². The highest BCUT2D eigenvalue weighted by Crippen LogP contribution is 2.43. The minimum absolute atomic E-state index is 0.0531. The SMILES string of the molecule is CCc1c2c(nc3ccc(O)cc13)-c1cc3c(c(=O)n1C2)COC(=O)C3(CC)OC(=O)OCC(NC(=O)COCC(=O)NC(C)(C)CCOC(C)(C)Cn1cc(CNC(=O)C2CCC(CN3C(=O)CCC3=O)CC2)nn1)C(C)C. The number of aromatic hydroxyl groups is 1. The van der Waals surface area contributed by atoms with Crippen LogP contribution >= 0.6 is 0 Å². The second-order valence-corrected chi connectivity index (χ2v) is 22.6. The molecule has 79 heavy (non-hydrogen) atoms. The van der Waals surface area contributed by atoms with Gasteiger partial charge in [-0.3, -0.25) is 33.7 Å². The first kappa shape index (κ1) is 57.9. The second kappa shape index (κ2) is 24.0. The molecule has 1 aliphatic carbocycles. The van der Waals surface area contributed by atoms with Crippen LogP contribution < -0.4 is 21.5 Å². The predicted molar refractivity (Wildman–Crippen MR) is 284 cm³/mol. The number of carbonyl (C=O) groups excluding carboxylic acids is 7. The van der Waals surface area contributed by atoms with Crippen LogP contribution in [-0.4, -0.2) is 126 Å². The molecule has 23 nitrogen and oxygen atoms in total. The van der Waals surface area contributed by atoms with Gasteiger partial charge in [-0.05, 0) is 114 Å². The lowest BCUT2D eigenvalue weighted by Gasteiger charge is -2.35. The van der Waals surface area contributed by atoms with Crippen LogP contribution in [0, 0.1) is 17.8 Å². The van der Waals surface area contributed by atoms with Crippen molar-refractivity contribution in [2.24, 2.45) is 17.8 Å². The fourth-order valence-electron chi connectivity index (χ4n) is 10.9. The summed E-state index contributed by atoms with van der Waals surface area (Å²) in [5, 5.41) is 28.1. The highest BCUT2D eigenvalue weighted by atomic mass is 16.7. The Kier molecular flexibility index (Phi) is 17.6. The number of carbonyl (C=O) groups is 7. The molecule has 4 aliphatic rings. The summed E-state index contributed by atoms with van der Waals surface area (Å²) in [6, 6.07) is 5.83. The third-order valence-corrected chi connectivity index (χ3v) is 15.4. The van der Waals surface area contributed by atoms with Crippen LogP contribution in [0.2, 0.25) is 0 Å². The summed E-state index contributed by atoms with van der Waals surface area (Å²) in [5.41, 5.74) is 0.472. The topological polar surface area (TPSA) is 291 Å². The quantitative estimate of drug-likeness (QED) is 0.0513. The summed E-state index contributed by atoms with van der Waals surface area (Å²) >= 11 is 0. The molecule has 3 aromatic heterocycles. The van der Waals surface area contributed by atoms with Crippen molar-refractivity contribution in [2.75, 3.05) is 33.0 Å². The van der Waals surface area contributed by atoms with Gasteiger partial charge >= 0.3 is 12.1 Å². The van der Waals surface area contributed by atoms with Crippen molar-refractivity contribution in [3.63, 3.8) is 0 Å². The first-order valence-corrected chi connectivity index (χ1v) is 27.3. The van der Waals surface area contributed by atoms with Gasteiger partial charge in [0, 0.05) is 54.0 Å². The van der Waals surface area contributed by atoms with E-state index in [1.165, 1.54) is 4.90 Å². The van der Waals surface area contributed by atoms with Crippen LogP contribution in [0.4, 0.5) is 4.79 Å². The second-order valence-electron chi connectivity index (χ2n) is 22.6. The van der Waals surface area contributed by atoms with Gasteiger partial charge in [-0.25, -0.2) is 19.3 Å². The first-order chi connectivity index (χ1) is 37.5. The minimum atomic E-state index is -2.03. The lowest BCUT2D eigenvalue weighted by Crippen LogP contribution is -2.48. The van der Waals surface area contributed by atoms with E-state index in [0.717, 1.165) is 29.4 Å².